The Morgan fingerprint density at radius 1 is 1.08 bits per heavy atom. The normalized spacial score (nSPS) is 13.4. The number of hydrogen-bond donors (Lipinski definition) is 0. The topological polar surface area (TPSA) is 38.8 Å². The molecule has 0 bridgehead atoms. The molecule has 1 aliphatic carbocycles. The van der Waals surface area contributed by atoms with Gasteiger partial charge in [0.2, 0.25) is 0 Å². The van der Waals surface area contributed by atoms with Crippen molar-refractivity contribution in [3.05, 3.63) is 58.7 Å². The molecule has 1 saturated carbocycles. The summed E-state index contributed by atoms with van der Waals surface area (Å²) >= 11 is 0. The number of nitrogens with zero attached hydrogens (tertiary/aromatic N) is 1. The second-order valence-electron chi connectivity index (χ2n) is 6.66. The molecule has 1 fully saturated rings. The zero-order valence-corrected chi connectivity index (χ0v) is 15.3. The molecule has 0 spiro atoms. The summed E-state index contributed by atoms with van der Waals surface area (Å²) in [5, 5.41) is 0. The molecule has 0 saturated heterocycles. The number of benzene rings is 2. The molecule has 1 amide bonds. The van der Waals surface area contributed by atoms with Gasteiger partial charge in [0, 0.05) is 17.2 Å². The third-order valence-corrected chi connectivity index (χ3v) is 4.69. The fourth-order valence-corrected chi connectivity index (χ4v) is 3.15. The van der Waals surface area contributed by atoms with E-state index in [-0.39, 0.29) is 5.91 Å². The van der Waals surface area contributed by atoms with Crippen molar-refractivity contribution in [2.45, 2.75) is 39.3 Å². The number of rotatable bonds is 6. The van der Waals surface area contributed by atoms with E-state index in [1.54, 1.807) is 14.2 Å². The van der Waals surface area contributed by atoms with E-state index < -0.39 is 0 Å². The molecule has 2 aromatic carbocycles. The number of carbonyl (C=O) groups is 1. The molecule has 0 radical (unpaired) electrons. The van der Waals surface area contributed by atoms with Crippen molar-refractivity contribution in [3.63, 3.8) is 0 Å². The molecule has 0 atom stereocenters. The third-order valence-electron chi connectivity index (χ3n) is 4.69. The van der Waals surface area contributed by atoms with Crippen LogP contribution < -0.4 is 9.47 Å². The zero-order valence-electron chi connectivity index (χ0n) is 15.3. The smallest absolute Gasteiger partial charge is 0.254 e. The Balaban J connectivity index is 1.91. The average molecular weight is 339 g/mol. The first-order chi connectivity index (χ1) is 12.0. The van der Waals surface area contributed by atoms with Gasteiger partial charge >= 0.3 is 0 Å². The Hall–Kier alpha value is -2.49. The lowest BCUT2D eigenvalue weighted by atomic mass is 10.0. The lowest BCUT2D eigenvalue weighted by molar-refractivity contribution is 0.0728. The largest absolute Gasteiger partial charge is 0.497 e. The average Bonchev–Trinajstić information content (AvgIpc) is 3.43. The SMILES string of the molecule is COc1ccc(OC)c(CN(C(=O)c2ccc(C)cc2C)C2CC2)c1. The summed E-state index contributed by atoms with van der Waals surface area (Å²) in [6.45, 7) is 4.57. The van der Waals surface area contributed by atoms with Crippen LogP contribution in [0.2, 0.25) is 0 Å². The Morgan fingerprint density at radius 3 is 2.44 bits per heavy atom. The van der Waals surface area contributed by atoms with Crippen LogP contribution in [-0.4, -0.2) is 31.1 Å². The van der Waals surface area contributed by atoms with E-state index in [2.05, 4.69) is 6.07 Å². The number of hydrogen-bond acceptors (Lipinski definition) is 3. The first-order valence-electron chi connectivity index (χ1n) is 8.62. The van der Waals surface area contributed by atoms with E-state index in [1.165, 1.54) is 5.56 Å². The van der Waals surface area contributed by atoms with Gasteiger partial charge in [-0.3, -0.25) is 4.79 Å². The molecule has 4 heteroatoms. The minimum atomic E-state index is 0.0878. The first kappa shape index (κ1) is 17.3. The van der Waals surface area contributed by atoms with E-state index in [0.29, 0.717) is 12.6 Å². The molecule has 0 aliphatic heterocycles. The summed E-state index contributed by atoms with van der Waals surface area (Å²) in [5.74, 6) is 1.63. The molecule has 0 N–H and O–H groups in total. The number of ether oxygens (including phenoxy) is 2. The van der Waals surface area contributed by atoms with Gasteiger partial charge in [-0.2, -0.15) is 0 Å². The van der Waals surface area contributed by atoms with Crippen molar-refractivity contribution >= 4 is 5.91 Å². The quantitative estimate of drug-likeness (QED) is 0.794. The van der Waals surface area contributed by atoms with Crippen LogP contribution in [0.4, 0.5) is 0 Å². The molecule has 25 heavy (non-hydrogen) atoms. The van der Waals surface area contributed by atoms with E-state index in [1.807, 2.05) is 49.1 Å². The molecule has 4 nitrogen and oxygen atoms in total. The van der Waals surface area contributed by atoms with Crippen molar-refractivity contribution < 1.29 is 14.3 Å². The van der Waals surface area contributed by atoms with Crippen LogP contribution in [0.3, 0.4) is 0 Å². The van der Waals surface area contributed by atoms with Crippen LogP contribution in [-0.2, 0) is 6.54 Å². The van der Waals surface area contributed by atoms with Crippen LogP contribution in [0.15, 0.2) is 36.4 Å². The highest BCUT2D eigenvalue weighted by atomic mass is 16.5. The standard InChI is InChI=1S/C21H25NO3/c1-14-5-9-19(15(2)11-14)21(23)22(17-6-7-17)13-16-12-18(24-3)8-10-20(16)25-4/h5,8-12,17H,6-7,13H2,1-4H3. The molecular weight excluding hydrogens is 314 g/mol. The number of amides is 1. The summed E-state index contributed by atoms with van der Waals surface area (Å²) in [6, 6.07) is 12.0. The van der Waals surface area contributed by atoms with Crippen molar-refractivity contribution in [3.8, 4) is 11.5 Å². The maximum absolute atomic E-state index is 13.2. The highest BCUT2D eigenvalue weighted by Crippen LogP contribution is 2.33. The Kier molecular flexibility index (Phi) is 4.98. The first-order valence-corrected chi connectivity index (χ1v) is 8.62. The minimum absolute atomic E-state index is 0.0878. The highest BCUT2D eigenvalue weighted by molar-refractivity contribution is 5.96. The predicted molar refractivity (Wildman–Crippen MR) is 98.4 cm³/mol. The van der Waals surface area contributed by atoms with E-state index >= 15 is 0 Å². The lowest BCUT2D eigenvalue weighted by Gasteiger charge is -2.25. The maximum Gasteiger partial charge on any atom is 0.254 e. The fourth-order valence-electron chi connectivity index (χ4n) is 3.15. The number of methoxy groups -OCH3 is 2. The molecule has 2 aromatic rings. The Labute approximate surface area is 149 Å². The van der Waals surface area contributed by atoms with Crippen molar-refractivity contribution in [2.24, 2.45) is 0 Å². The Bertz CT molecular complexity index is 781. The lowest BCUT2D eigenvalue weighted by Crippen LogP contribution is -2.33. The van der Waals surface area contributed by atoms with Crippen molar-refractivity contribution in [1.29, 1.82) is 0 Å². The molecule has 1 aliphatic rings. The Morgan fingerprint density at radius 2 is 1.84 bits per heavy atom. The van der Waals surface area contributed by atoms with Gasteiger partial charge in [0.15, 0.2) is 0 Å². The van der Waals surface area contributed by atoms with Crippen molar-refractivity contribution in [1.82, 2.24) is 4.90 Å². The predicted octanol–water partition coefficient (Wildman–Crippen LogP) is 4.13. The van der Waals surface area contributed by atoms with Gasteiger partial charge in [0.1, 0.15) is 11.5 Å². The molecule has 3 rings (SSSR count). The second kappa shape index (κ2) is 7.18. The van der Waals surface area contributed by atoms with Gasteiger partial charge in [-0.15, -0.1) is 0 Å². The van der Waals surface area contributed by atoms with E-state index in [9.17, 15) is 4.79 Å². The van der Waals surface area contributed by atoms with Gasteiger partial charge in [-0.05, 0) is 56.5 Å². The summed E-state index contributed by atoms with van der Waals surface area (Å²) in [5.41, 5.74) is 3.93. The molecular formula is C21H25NO3. The van der Waals surface area contributed by atoms with Crippen LogP contribution in [0.5, 0.6) is 11.5 Å². The molecule has 0 aromatic heterocycles. The summed E-state index contributed by atoms with van der Waals surface area (Å²) in [6.07, 6.45) is 2.12. The van der Waals surface area contributed by atoms with Gasteiger partial charge in [-0.1, -0.05) is 17.7 Å². The van der Waals surface area contributed by atoms with Gasteiger partial charge in [0.05, 0.1) is 20.8 Å². The van der Waals surface area contributed by atoms with Crippen LogP contribution in [0.25, 0.3) is 0 Å². The van der Waals surface area contributed by atoms with Gasteiger partial charge in [0.25, 0.3) is 5.91 Å². The summed E-state index contributed by atoms with van der Waals surface area (Å²) < 4.78 is 10.8. The zero-order chi connectivity index (χ0) is 18.0. The van der Waals surface area contributed by atoms with E-state index in [0.717, 1.165) is 41.0 Å². The van der Waals surface area contributed by atoms with Gasteiger partial charge in [-0.25, -0.2) is 0 Å². The van der Waals surface area contributed by atoms with Gasteiger partial charge < -0.3 is 14.4 Å². The van der Waals surface area contributed by atoms with E-state index in [4.69, 9.17) is 9.47 Å². The van der Waals surface area contributed by atoms with Crippen LogP contribution >= 0.6 is 0 Å². The molecule has 0 unspecified atom stereocenters. The van der Waals surface area contributed by atoms with Crippen molar-refractivity contribution in [2.75, 3.05) is 14.2 Å². The highest BCUT2D eigenvalue weighted by Gasteiger charge is 2.34. The maximum atomic E-state index is 13.2. The second-order valence-corrected chi connectivity index (χ2v) is 6.66. The van der Waals surface area contributed by atoms with Crippen LogP contribution in [0.1, 0.15) is 39.9 Å². The fraction of sp³-hybridized carbons (Fsp3) is 0.381. The minimum Gasteiger partial charge on any atom is -0.497 e. The number of carbonyl (C=O) groups excluding carboxylic acids is 1. The third kappa shape index (κ3) is 3.78. The van der Waals surface area contributed by atoms with Crippen LogP contribution in [0, 0.1) is 13.8 Å². The summed E-state index contributed by atoms with van der Waals surface area (Å²) in [7, 11) is 3.30. The monoisotopic (exact) mass is 339 g/mol. The molecule has 132 valence electrons. The molecule has 0 heterocycles. The number of aryl methyl sites for hydroxylation is 2. The summed E-state index contributed by atoms with van der Waals surface area (Å²) in [4.78, 5) is 15.1.